The normalized spacial score (nSPS) is 11.5. The number of aromatic amines is 1. The van der Waals surface area contributed by atoms with Gasteiger partial charge < -0.3 is 14.8 Å². The van der Waals surface area contributed by atoms with Crippen molar-refractivity contribution in [3.05, 3.63) is 48.7 Å². The third-order valence-electron chi connectivity index (χ3n) is 4.59. The van der Waals surface area contributed by atoms with E-state index >= 15 is 0 Å². The van der Waals surface area contributed by atoms with Gasteiger partial charge in [-0.1, -0.05) is 12.1 Å². The molecule has 4 aromatic rings. The summed E-state index contributed by atoms with van der Waals surface area (Å²) in [5.41, 5.74) is 4.17. The lowest BCUT2D eigenvalue weighted by Crippen LogP contribution is -1.97. The first-order valence-electron chi connectivity index (χ1n) is 8.37. The number of hydrogen-bond acceptors (Lipinski definition) is 4. The first-order valence-corrected chi connectivity index (χ1v) is 8.81. The molecule has 0 saturated heterocycles. The van der Waals surface area contributed by atoms with E-state index in [4.69, 9.17) is 0 Å². The second kappa shape index (κ2) is 6.14. The van der Waals surface area contributed by atoms with E-state index in [0.717, 1.165) is 22.0 Å². The molecule has 0 fully saturated rings. The quantitative estimate of drug-likeness (QED) is 0.387. The van der Waals surface area contributed by atoms with Gasteiger partial charge in [-0.2, -0.15) is 5.10 Å². The van der Waals surface area contributed by atoms with Crippen molar-refractivity contribution in [1.29, 1.82) is 0 Å². The SMILES string of the molecule is CC(C)n1ccc2c(-c3c(S)n[nH]c3-c3ccc(O)cc3O)cccc21. The zero-order valence-electron chi connectivity index (χ0n) is 14.4. The maximum absolute atomic E-state index is 10.3. The van der Waals surface area contributed by atoms with E-state index in [1.807, 2.05) is 12.1 Å². The van der Waals surface area contributed by atoms with Gasteiger partial charge >= 0.3 is 0 Å². The van der Waals surface area contributed by atoms with Gasteiger partial charge in [0.2, 0.25) is 0 Å². The molecule has 0 unspecified atom stereocenters. The molecule has 4 rings (SSSR count). The third-order valence-corrected chi connectivity index (χ3v) is 4.91. The number of aromatic hydroxyl groups is 2. The Bertz CT molecular complexity index is 1110. The van der Waals surface area contributed by atoms with Gasteiger partial charge in [-0.25, -0.2) is 0 Å². The standard InChI is InChI=1S/C20H19N3O2S/c1-11(2)23-9-8-13-14(4-3-5-16(13)23)18-19(21-22-20(18)26)15-7-6-12(24)10-17(15)25/h3-11,24-25H,1-2H3,(H2,21,22,26). The van der Waals surface area contributed by atoms with E-state index in [1.165, 1.54) is 12.1 Å². The molecule has 0 aliphatic rings. The number of phenols is 2. The van der Waals surface area contributed by atoms with E-state index < -0.39 is 0 Å². The molecule has 2 aromatic heterocycles. The minimum Gasteiger partial charge on any atom is -0.508 e. The summed E-state index contributed by atoms with van der Waals surface area (Å²) in [5, 5.41) is 28.7. The molecule has 26 heavy (non-hydrogen) atoms. The first kappa shape index (κ1) is 16.6. The third kappa shape index (κ3) is 2.54. The highest BCUT2D eigenvalue weighted by molar-refractivity contribution is 7.80. The van der Waals surface area contributed by atoms with E-state index in [-0.39, 0.29) is 11.5 Å². The van der Waals surface area contributed by atoms with Gasteiger partial charge in [0, 0.05) is 40.3 Å². The van der Waals surface area contributed by atoms with Crippen molar-refractivity contribution in [2.24, 2.45) is 0 Å². The highest BCUT2D eigenvalue weighted by Crippen LogP contribution is 2.42. The molecule has 5 nitrogen and oxygen atoms in total. The number of rotatable bonds is 3. The Hall–Kier alpha value is -2.86. The minimum atomic E-state index is -0.0184. The Morgan fingerprint density at radius 3 is 2.62 bits per heavy atom. The molecular formula is C20H19N3O2S. The highest BCUT2D eigenvalue weighted by atomic mass is 32.1. The molecule has 0 atom stereocenters. The van der Waals surface area contributed by atoms with Crippen LogP contribution in [0.25, 0.3) is 33.3 Å². The smallest absolute Gasteiger partial charge is 0.128 e. The van der Waals surface area contributed by atoms with Crippen LogP contribution in [0.15, 0.2) is 53.7 Å². The Balaban J connectivity index is 1.98. The van der Waals surface area contributed by atoms with Crippen molar-refractivity contribution in [3.63, 3.8) is 0 Å². The van der Waals surface area contributed by atoms with Gasteiger partial charge in [-0.05, 0) is 43.7 Å². The van der Waals surface area contributed by atoms with Crippen LogP contribution in [0.5, 0.6) is 11.5 Å². The van der Waals surface area contributed by atoms with Crippen LogP contribution in [0.2, 0.25) is 0 Å². The second-order valence-corrected chi connectivity index (χ2v) is 6.98. The first-order chi connectivity index (χ1) is 12.5. The number of thiol groups is 1. The summed E-state index contributed by atoms with van der Waals surface area (Å²) in [4.78, 5) is 0. The molecule has 3 N–H and O–H groups in total. The predicted octanol–water partition coefficient (Wildman–Crippen LogP) is 4.98. The fourth-order valence-electron chi connectivity index (χ4n) is 3.37. The average molecular weight is 365 g/mol. The summed E-state index contributed by atoms with van der Waals surface area (Å²) in [6, 6.07) is 13.1. The molecular weight excluding hydrogens is 346 g/mol. The molecule has 0 bridgehead atoms. The number of phenolic OH excluding ortho intramolecular Hbond substituents is 2. The number of hydrogen-bond donors (Lipinski definition) is 4. The van der Waals surface area contributed by atoms with Crippen molar-refractivity contribution < 1.29 is 10.2 Å². The van der Waals surface area contributed by atoms with E-state index in [2.05, 4.69) is 59.6 Å². The number of H-pyrrole nitrogens is 1. The Labute approximate surface area is 156 Å². The Kier molecular flexibility index (Phi) is 3.92. The summed E-state index contributed by atoms with van der Waals surface area (Å²) >= 11 is 4.53. The zero-order chi connectivity index (χ0) is 18.4. The molecule has 0 amide bonds. The summed E-state index contributed by atoms with van der Waals surface area (Å²) in [6.45, 7) is 4.29. The van der Waals surface area contributed by atoms with Crippen LogP contribution >= 0.6 is 12.6 Å². The Morgan fingerprint density at radius 2 is 1.88 bits per heavy atom. The molecule has 6 heteroatoms. The lowest BCUT2D eigenvalue weighted by molar-refractivity contribution is 0.452. The van der Waals surface area contributed by atoms with Gasteiger partial charge in [0.25, 0.3) is 0 Å². The van der Waals surface area contributed by atoms with Crippen molar-refractivity contribution >= 4 is 23.5 Å². The maximum Gasteiger partial charge on any atom is 0.128 e. The van der Waals surface area contributed by atoms with Crippen molar-refractivity contribution in [2.75, 3.05) is 0 Å². The minimum absolute atomic E-state index is 0.00882. The number of benzene rings is 2. The number of aromatic nitrogens is 3. The molecule has 0 saturated carbocycles. The van der Waals surface area contributed by atoms with Gasteiger partial charge in [0.05, 0.1) is 5.69 Å². The number of nitrogens with one attached hydrogen (secondary N) is 1. The van der Waals surface area contributed by atoms with E-state index in [1.54, 1.807) is 6.07 Å². The van der Waals surface area contributed by atoms with Crippen LogP contribution in [0, 0.1) is 0 Å². The number of fused-ring (bicyclic) bond motifs is 1. The molecule has 0 aliphatic carbocycles. The van der Waals surface area contributed by atoms with Crippen molar-refractivity contribution in [3.8, 4) is 33.9 Å². The summed E-state index contributed by atoms with van der Waals surface area (Å²) in [5.74, 6) is -0.00955. The van der Waals surface area contributed by atoms with Crippen LogP contribution in [0.1, 0.15) is 19.9 Å². The highest BCUT2D eigenvalue weighted by Gasteiger charge is 2.20. The summed E-state index contributed by atoms with van der Waals surface area (Å²) in [6.07, 6.45) is 2.08. The van der Waals surface area contributed by atoms with Crippen molar-refractivity contribution in [1.82, 2.24) is 14.8 Å². The lowest BCUT2D eigenvalue weighted by Gasteiger charge is -2.11. The van der Waals surface area contributed by atoms with Gasteiger partial charge in [0.15, 0.2) is 0 Å². The van der Waals surface area contributed by atoms with Gasteiger partial charge in [-0.15, -0.1) is 12.6 Å². The topological polar surface area (TPSA) is 74.1 Å². The van der Waals surface area contributed by atoms with Crippen LogP contribution in [0.3, 0.4) is 0 Å². The molecule has 2 aromatic carbocycles. The van der Waals surface area contributed by atoms with Gasteiger partial charge in [0.1, 0.15) is 16.5 Å². The predicted molar refractivity (Wildman–Crippen MR) is 106 cm³/mol. The van der Waals surface area contributed by atoms with Crippen LogP contribution in [-0.4, -0.2) is 25.0 Å². The van der Waals surface area contributed by atoms with Gasteiger partial charge in [-0.3, -0.25) is 5.10 Å². The Morgan fingerprint density at radius 1 is 1.08 bits per heavy atom. The van der Waals surface area contributed by atoms with E-state index in [9.17, 15) is 10.2 Å². The summed E-state index contributed by atoms with van der Waals surface area (Å²) in [7, 11) is 0. The zero-order valence-corrected chi connectivity index (χ0v) is 15.3. The molecule has 2 heterocycles. The molecule has 0 radical (unpaired) electrons. The largest absolute Gasteiger partial charge is 0.508 e. The average Bonchev–Trinajstić information content (AvgIpc) is 3.18. The fraction of sp³-hybridized carbons (Fsp3) is 0.150. The second-order valence-electron chi connectivity index (χ2n) is 6.55. The van der Waals surface area contributed by atoms with Crippen LogP contribution in [0.4, 0.5) is 0 Å². The maximum atomic E-state index is 10.3. The molecule has 0 spiro atoms. The van der Waals surface area contributed by atoms with E-state index in [0.29, 0.717) is 22.3 Å². The molecule has 0 aliphatic heterocycles. The fourth-order valence-corrected chi connectivity index (χ4v) is 3.65. The lowest BCUT2D eigenvalue weighted by atomic mass is 9.98. The summed E-state index contributed by atoms with van der Waals surface area (Å²) < 4.78 is 2.22. The van der Waals surface area contributed by atoms with Crippen LogP contribution < -0.4 is 0 Å². The van der Waals surface area contributed by atoms with Crippen LogP contribution in [-0.2, 0) is 0 Å². The number of nitrogens with zero attached hydrogens (tertiary/aromatic N) is 2. The monoisotopic (exact) mass is 365 g/mol. The molecule has 132 valence electrons. The van der Waals surface area contributed by atoms with Crippen molar-refractivity contribution in [2.45, 2.75) is 24.9 Å².